The van der Waals surface area contributed by atoms with E-state index in [1.165, 1.54) is 12.4 Å². The summed E-state index contributed by atoms with van der Waals surface area (Å²) in [5, 5.41) is 16.0. The largest absolute Gasteiger partial charge is 0.310 e. The molecule has 0 fully saturated rings. The Hall–Kier alpha value is -1.87. The van der Waals surface area contributed by atoms with Gasteiger partial charge in [-0.2, -0.15) is 18.6 Å². The number of aromatic amines is 2. The number of hydrogen-bond acceptors (Lipinski definition) is 5. The summed E-state index contributed by atoms with van der Waals surface area (Å²) in [6, 6.07) is 0.252. The van der Waals surface area contributed by atoms with E-state index in [4.69, 9.17) is 0 Å². The lowest BCUT2D eigenvalue weighted by molar-refractivity contribution is 0.574. The van der Waals surface area contributed by atoms with Crippen LogP contribution in [-0.4, -0.2) is 34.9 Å². The molecular formula is C11H18N6O2S. The average Bonchev–Trinajstić information content (AvgIpc) is 2.96. The van der Waals surface area contributed by atoms with Gasteiger partial charge >= 0.3 is 0 Å². The van der Waals surface area contributed by atoms with Gasteiger partial charge in [0.15, 0.2) is 0 Å². The molecule has 2 heterocycles. The van der Waals surface area contributed by atoms with Gasteiger partial charge in [-0.1, -0.05) is 13.8 Å². The normalized spacial score (nSPS) is 12.0. The van der Waals surface area contributed by atoms with E-state index < -0.39 is 10.0 Å². The Bertz CT molecular complexity index is 659. The van der Waals surface area contributed by atoms with Gasteiger partial charge in [-0.05, 0) is 6.92 Å². The molecule has 0 amide bonds. The van der Waals surface area contributed by atoms with Crippen LogP contribution in [0.1, 0.15) is 25.1 Å². The Labute approximate surface area is 117 Å². The lowest BCUT2D eigenvalue weighted by atomic mass is 10.2. The van der Waals surface area contributed by atoms with E-state index in [0.717, 1.165) is 5.69 Å². The summed E-state index contributed by atoms with van der Waals surface area (Å²) >= 11 is 0. The number of anilines is 1. The van der Waals surface area contributed by atoms with E-state index in [1.807, 2.05) is 13.8 Å². The fourth-order valence-corrected chi connectivity index (χ4v) is 2.91. The van der Waals surface area contributed by atoms with Crippen LogP contribution in [0.15, 0.2) is 17.4 Å². The Morgan fingerprint density at radius 2 is 2.15 bits per heavy atom. The van der Waals surface area contributed by atoms with Gasteiger partial charge in [0, 0.05) is 30.0 Å². The van der Waals surface area contributed by atoms with Gasteiger partial charge in [0.1, 0.15) is 0 Å². The molecule has 9 heteroatoms. The van der Waals surface area contributed by atoms with Crippen molar-refractivity contribution in [3.63, 3.8) is 0 Å². The molecule has 0 aliphatic heterocycles. The van der Waals surface area contributed by atoms with Crippen molar-refractivity contribution in [2.75, 3.05) is 4.72 Å². The molecule has 2 aromatic rings. The zero-order valence-electron chi connectivity index (χ0n) is 11.6. The van der Waals surface area contributed by atoms with Crippen LogP contribution in [0.5, 0.6) is 0 Å². The molecule has 0 saturated heterocycles. The van der Waals surface area contributed by atoms with Crippen LogP contribution in [0.2, 0.25) is 0 Å². The number of hydrogen-bond donors (Lipinski definition) is 4. The van der Waals surface area contributed by atoms with Crippen LogP contribution in [0, 0.1) is 6.92 Å². The van der Waals surface area contributed by atoms with Crippen molar-refractivity contribution < 1.29 is 8.42 Å². The third kappa shape index (κ3) is 3.17. The van der Waals surface area contributed by atoms with Crippen LogP contribution in [-0.2, 0) is 16.6 Å². The lowest BCUT2D eigenvalue weighted by Gasteiger charge is -2.10. The molecule has 0 atom stereocenters. The molecule has 20 heavy (non-hydrogen) atoms. The van der Waals surface area contributed by atoms with E-state index >= 15 is 0 Å². The fourth-order valence-electron chi connectivity index (χ4n) is 1.68. The first kappa shape index (κ1) is 14.5. The Balaban J connectivity index is 2.27. The second-order valence-corrected chi connectivity index (χ2v) is 6.36. The van der Waals surface area contributed by atoms with Crippen LogP contribution >= 0.6 is 0 Å². The molecule has 0 radical (unpaired) electrons. The van der Waals surface area contributed by atoms with Crippen molar-refractivity contribution in [1.82, 2.24) is 25.7 Å². The number of rotatable bonds is 6. The first-order chi connectivity index (χ1) is 9.40. The molecule has 0 aliphatic carbocycles. The highest BCUT2D eigenvalue weighted by atomic mass is 32.2. The van der Waals surface area contributed by atoms with Gasteiger partial charge in [-0.3, -0.25) is 14.9 Å². The summed E-state index contributed by atoms with van der Waals surface area (Å²) in [6.45, 7) is 6.21. The zero-order valence-corrected chi connectivity index (χ0v) is 12.4. The van der Waals surface area contributed by atoms with Crippen LogP contribution in [0.25, 0.3) is 0 Å². The van der Waals surface area contributed by atoms with Gasteiger partial charge in [-0.25, -0.2) is 0 Å². The highest BCUT2D eigenvalue weighted by Crippen LogP contribution is 2.19. The summed E-state index contributed by atoms with van der Waals surface area (Å²) in [5.74, 6) is 0. The standard InChI is InChI=1S/C11H18N6O2S/c1-7(2)12-6-10-8(3)15-16-11(10)20(18,19)17-9-4-13-14-5-9/h4-5,7,12,17H,6H2,1-3H3,(H,13,14)(H,15,16). The highest BCUT2D eigenvalue weighted by Gasteiger charge is 2.24. The Kier molecular flexibility index (Phi) is 4.09. The summed E-state index contributed by atoms with van der Waals surface area (Å²) in [5.41, 5.74) is 1.73. The lowest BCUT2D eigenvalue weighted by Crippen LogP contribution is -2.24. The number of aryl methyl sites for hydroxylation is 1. The molecule has 0 spiro atoms. The van der Waals surface area contributed by atoms with Gasteiger partial charge in [0.25, 0.3) is 10.0 Å². The van der Waals surface area contributed by atoms with E-state index in [9.17, 15) is 8.42 Å². The number of nitrogens with zero attached hydrogens (tertiary/aromatic N) is 2. The second kappa shape index (κ2) is 5.63. The van der Waals surface area contributed by atoms with Gasteiger partial charge in [-0.15, -0.1) is 0 Å². The molecule has 0 aromatic carbocycles. The highest BCUT2D eigenvalue weighted by molar-refractivity contribution is 7.92. The van der Waals surface area contributed by atoms with Crippen LogP contribution in [0.3, 0.4) is 0 Å². The van der Waals surface area contributed by atoms with E-state index in [0.29, 0.717) is 17.8 Å². The van der Waals surface area contributed by atoms with Crippen molar-refractivity contribution in [1.29, 1.82) is 0 Å². The van der Waals surface area contributed by atoms with E-state index in [1.54, 1.807) is 6.92 Å². The minimum absolute atomic E-state index is 0.00403. The average molecular weight is 298 g/mol. The SMILES string of the molecule is Cc1[nH]nc(S(=O)(=O)Nc2cn[nH]c2)c1CNC(C)C. The van der Waals surface area contributed by atoms with E-state index in [-0.39, 0.29) is 11.1 Å². The van der Waals surface area contributed by atoms with Crippen LogP contribution < -0.4 is 10.0 Å². The summed E-state index contributed by atoms with van der Waals surface area (Å²) in [7, 11) is -3.73. The maximum atomic E-state index is 12.3. The predicted molar refractivity (Wildman–Crippen MR) is 74.7 cm³/mol. The third-order valence-corrected chi connectivity index (χ3v) is 4.08. The molecular weight excluding hydrogens is 280 g/mol. The minimum atomic E-state index is -3.73. The van der Waals surface area contributed by atoms with Gasteiger partial charge in [0.2, 0.25) is 5.03 Å². The number of sulfonamides is 1. The smallest absolute Gasteiger partial charge is 0.281 e. The maximum Gasteiger partial charge on any atom is 0.281 e. The van der Waals surface area contributed by atoms with Crippen molar-refractivity contribution in [2.45, 2.75) is 38.4 Å². The Morgan fingerprint density at radius 1 is 1.40 bits per heavy atom. The molecule has 4 N–H and O–H groups in total. The quantitative estimate of drug-likeness (QED) is 0.628. The predicted octanol–water partition coefficient (Wildman–Crippen LogP) is 0.740. The topological polar surface area (TPSA) is 116 Å². The molecule has 2 aromatic heterocycles. The van der Waals surface area contributed by atoms with Crippen molar-refractivity contribution in [2.24, 2.45) is 0 Å². The molecule has 0 unspecified atom stereocenters. The number of H-pyrrole nitrogens is 2. The second-order valence-electron chi connectivity index (χ2n) is 4.76. The van der Waals surface area contributed by atoms with Crippen molar-refractivity contribution in [3.8, 4) is 0 Å². The Morgan fingerprint density at radius 3 is 2.75 bits per heavy atom. The minimum Gasteiger partial charge on any atom is -0.310 e. The fraction of sp³-hybridized carbons (Fsp3) is 0.455. The molecule has 8 nitrogen and oxygen atoms in total. The van der Waals surface area contributed by atoms with Gasteiger partial charge in [0.05, 0.1) is 11.9 Å². The molecule has 2 rings (SSSR count). The first-order valence-electron chi connectivity index (χ1n) is 6.19. The summed E-state index contributed by atoms with van der Waals surface area (Å²) < 4.78 is 27.1. The monoisotopic (exact) mass is 298 g/mol. The molecule has 110 valence electrons. The van der Waals surface area contributed by atoms with Crippen LogP contribution in [0.4, 0.5) is 5.69 Å². The van der Waals surface area contributed by atoms with Gasteiger partial charge < -0.3 is 5.32 Å². The maximum absolute atomic E-state index is 12.3. The first-order valence-corrected chi connectivity index (χ1v) is 7.67. The van der Waals surface area contributed by atoms with Crippen molar-refractivity contribution in [3.05, 3.63) is 23.7 Å². The summed E-state index contributed by atoms with van der Waals surface area (Å²) in [4.78, 5) is 0. The zero-order chi connectivity index (χ0) is 14.8. The third-order valence-electron chi connectivity index (χ3n) is 2.73. The number of aromatic nitrogens is 4. The molecule has 0 bridgehead atoms. The molecule has 0 saturated carbocycles. The van der Waals surface area contributed by atoms with Crippen molar-refractivity contribution >= 4 is 15.7 Å². The molecule has 0 aliphatic rings. The summed E-state index contributed by atoms with van der Waals surface area (Å²) in [6.07, 6.45) is 2.85. The number of nitrogens with one attached hydrogen (secondary N) is 4. The van der Waals surface area contributed by atoms with E-state index in [2.05, 4.69) is 30.4 Å².